The fourth-order valence-electron chi connectivity index (χ4n) is 4.42. The molecule has 0 saturated heterocycles. The van der Waals surface area contributed by atoms with Gasteiger partial charge in [0.25, 0.3) is 0 Å². The average Bonchev–Trinajstić information content (AvgIpc) is 3.23. The van der Waals surface area contributed by atoms with Gasteiger partial charge in [0.1, 0.15) is 12.4 Å². The van der Waals surface area contributed by atoms with Gasteiger partial charge in [-0.1, -0.05) is 12.1 Å². The topological polar surface area (TPSA) is 90.4 Å². The van der Waals surface area contributed by atoms with Gasteiger partial charge in [0.2, 0.25) is 0 Å². The summed E-state index contributed by atoms with van der Waals surface area (Å²) >= 11 is 0. The molecule has 0 bridgehead atoms. The second-order valence-corrected chi connectivity index (χ2v) is 9.00. The number of hydrogen-bond donors (Lipinski definition) is 2. The van der Waals surface area contributed by atoms with Crippen LogP contribution < -0.4 is 10.5 Å². The van der Waals surface area contributed by atoms with Crippen LogP contribution in [0, 0.1) is 13.8 Å². The highest BCUT2D eigenvalue weighted by Crippen LogP contribution is 2.35. The fourth-order valence-corrected chi connectivity index (χ4v) is 4.42. The van der Waals surface area contributed by atoms with Crippen molar-refractivity contribution in [2.45, 2.75) is 53.3 Å². The zero-order chi connectivity index (χ0) is 24.4. The maximum Gasteiger partial charge on any atom is 0.307 e. The number of carboxylic acids is 1. The van der Waals surface area contributed by atoms with Gasteiger partial charge < -0.3 is 20.1 Å². The lowest BCUT2D eigenvalue weighted by atomic mass is 9.95. The van der Waals surface area contributed by atoms with Crippen molar-refractivity contribution in [3.8, 4) is 16.9 Å². The molecule has 0 fully saturated rings. The van der Waals surface area contributed by atoms with Crippen LogP contribution >= 0.6 is 0 Å². The molecular weight excluding hydrogens is 426 g/mol. The third-order valence-electron chi connectivity index (χ3n) is 6.20. The van der Waals surface area contributed by atoms with E-state index in [-0.39, 0.29) is 6.42 Å². The summed E-state index contributed by atoms with van der Waals surface area (Å²) in [6, 6.07) is 14.4. The molecule has 0 aliphatic carbocycles. The van der Waals surface area contributed by atoms with Gasteiger partial charge in [-0.2, -0.15) is 0 Å². The lowest BCUT2D eigenvalue weighted by Gasteiger charge is -2.16. The zero-order valence-electron chi connectivity index (χ0n) is 20.1. The smallest absolute Gasteiger partial charge is 0.307 e. The molecule has 6 heteroatoms. The van der Waals surface area contributed by atoms with E-state index in [4.69, 9.17) is 10.5 Å². The normalized spacial score (nSPS) is 11.4. The second-order valence-electron chi connectivity index (χ2n) is 9.00. The predicted molar refractivity (Wildman–Crippen MR) is 135 cm³/mol. The van der Waals surface area contributed by atoms with Crippen molar-refractivity contribution in [1.29, 1.82) is 0 Å². The maximum atomic E-state index is 11.3. The highest BCUT2D eigenvalue weighted by Gasteiger charge is 2.16. The van der Waals surface area contributed by atoms with Crippen molar-refractivity contribution in [1.82, 2.24) is 9.55 Å². The number of aromatic nitrogens is 2. The number of carbonyl (C=O) groups is 1. The standard InChI is InChI=1S/C28H31N3O3/c1-17(2)31-10-8-23-24(22-7-9-30-25(15-29)19(22)4)12-20(13-26(23)31)16-34-27-11-18(3)5-6-21(27)14-28(32)33/h5-13,17H,14-16,29H2,1-4H3,(H,32,33). The van der Waals surface area contributed by atoms with Gasteiger partial charge in [-0.25, -0.2) is 0 Å². The molecule has 0 atom stereocenters. The summed E-state index contributed by atoms with van der Waals surface area (Å²) in [6.45, 7) is 9.07. The molecule has 3 N–H and O–H groups in total. The average molecular weight is 458 g/mol. The summed E-state index contributed by atoms with van der Waals surface area (Å²) in [4.78, 5) is 15.7. The Bertz CT molecular complexity index is 1350. The van der Waals surface area contributed by atoms with E-state index in [1.54, 1.807) is 0 Å². The predicted octanol–water partition coefficient (Wildman–Crippen LogP) is 5.57. The molecule has 0 amide bonds. The summed E-state index contributed by atoms with van der Waals surface area (Å²) in [6.07, 6.45) is 3.85. The van der Waals surface area contributed by atoms with Crippen LogP contribution in [-0.4, -0.2) is 20.6 Å². The van der Waals surface area contributed by atoms with E-state index in [9.17, 15) is 9.90 Å². The van der Waals surface area contributed by atoms with Crippen LogP contribution in [0.5, 0.6) is 5.75 Å². The summed E-state index contributed by atoms with van der Waals surface area (Å²) in [5.41, 5.74) is 13.9. The second kappa shape index (κ2) is 9.69. The lowest BCUT2D eigenvalue weighted by molar-refractivity contribution is -0.136. The van der Waals surface area contributed by atoms with Gasteiger partial charge in [0, 0.05) is 41.4 Å². The van der Waals surface area contributed by atoms with Gasteiger partial charge >= 0.3 is 5.97 Å². The van der Waals surface area contributed by atoms with Crippen molar-refractivity contribution in [3.63, 3.8) is 0 Å². The van der Waals surface area contributed by atoms with Crippen molar-refractivity contribution >= 4 is 16.9 Å². The SMILES string of the molecule is Cc1ccc(CC(=O)O)c(OCc2cc(-c3ccnc(CN)c3C)c3ccn(C(C)C)c3c2)c1. The summed E-state index contributed by atoms with van der Waals surface area (Å²) in [5.74, 6) is -0.273. The number of aliphatic carboxylic acids is 1. The van der Waals surface area contributed by atoms with Gasteiger partial charge in [-0.05, 0) is 85.8 Å². The number of carboxylic acid groups (broad SMARTS) is 1. The molecule has 4 rings (SSSR count). The first kappa shape index (κ1) is 23.5. The van der Waals surface area contributed by atoms with E-state index >= 15 is 0 Å². The maximum absolute atomic E-state index is 11.3. The molecule has 0 unspecified atom stereocenters. The summed E-state index contributed by atoms with van der Waals surface area (Å²) in [7, 11) is 0. The molecule has 0 saturated carbocycles. The number of aryl methyl sites for hydroxylation is 1. The lowest BCUT2D eigenvalue weighted by Crippen LogP contribution is -2.06. The molecule has 0 aliphatic rings. The number of fused-ring (bicyclic) bond motifs is 1. The third kappa shape index (κ3) is 4.68. The molecule has 6 nitrogen and oxygen atoms in total. The molecule has 4 aromatic rings. The Kier molecular flexibility index (Phi) is 6.70. The molecule has 2 heterocycles. The third-order valence-corrected chi connectivity index (χ3v) is 6.20. The van der Waals surface area contributed by atoms with E-state index in [0.717, 1.165) is 44.4 Å². The highest BCUT2D eigenvalue weighted by molar-refractivity contribution is 5.97. The molecule has 2 aromatic heterocycles. The van der Waals surface area contributed by atoms with Crippen molar-refractivity contribution < 1.29 is 14.6 Å². The van der Waals surface area contributed by atoms with Crippen LogP contribution in [0.3, 0.4) is 0 Å². The quantitative estimate of drug-likeness (QED) is 0.361. The first-order valence-electron chi connectivity index (χ1n) is 11.5. The minimum Gasteiger partial charge on any atom is -0.489 e. The van der Waals surface area contributed by atoms with E-state index < -0.39 is 5.97 Å². The van der Waals surface area contributed by atoms with Crippen LogP contribution in [0.2, 0.25) is 0 Å². The van der Waals surface area contributed by atoms with Gasteiger partial charge in [-0.15, -0.1) is 0 Å². The zero-order valence-corrected chi connectivity index (χ0v) is 20.1. The molecule has 0 radical (unpaired) electrons. The Balaban J connectivity index is 1.80. The number of benzene rings is 2. The van der Waals surface area contributed by atoms with Crippen molar-refractivity contribution in [3.05, 3.63) is 82.8 Å². The largest absolute Gasteiger partial charge is 0.489 e. The van der Waals surface area contributed by atoms with E-state index in [1.807, 2.05) is 37.4 Å². The molecule has 176 valence electrons. The Hall–Kier alpha value is -3.64. The first-order valence-corrected chi connectivity index (χ1v) is 11.5. The fraction of sp³-hybridized carbons (Fsp3) is 0.286. The van der Waals surface area contributed by atoms with E-state index in [0.29, 0.717) is 30.5 Å². The number of nitrogens with two attached hydrogens (primary N) is 1. The minimum absolute atomic E-state index is 0.0752. The number of pyridine rings is 1. The Morgan fingerprint density at radius 1 is 1.12 bits per heavy atom. The van der Waals surface area contributed by atoms with Crippen LogP contribution in [0.15, 0.2) is 54.9 Å². The van der Waals surface area contributed by atoms with E-state index in [1.165, 1.54) is 0 Å². The minimum atomic E-state index is -0.879. The Morgan fingerprint density at radius 3 is 2.62 bits per heavy atom. The highest BCUT2D eigenvalue weighted by atomic mass is 16.5. The first-order chi connectivity index (χ1) is 16.3. The van der Waals surface area contributed by atoms with E-state index in [2.05, 4.69) is 54.7 Å². The number of ether oxygens (including phenoxy) is 1. The molecule has 34 heavy (non-hydrogen) atoms. The van der Waals surface area contributed by atoms with Crippen LogP contribution in [0.1, 0.15) is 47.8 Å². The van der Waals surface area contributed by atoms with Crippen molar-refractivity contribution in [2.24, 2.45) is 5.73 Å². The number of hydrogen-bond acceptors (Lipinski definition) is 4. The molecule has 0 aliphatic heterocycles. The molecule has 2 aromatic carbocycles. The van der Waals surface area contributed by atoms with Gasteiger partial charge in [0.15, 0.2) is 0 Å². The Morgan fingerprint density at radius 2 is 1.91 bits per heavy atom. The number of rotatable bonds is 8. The molecule has 0 spiro atoms. The van der Waals surface area contributed by atoms with Crippen LogP contribution in [0.25, 0.3) is 22.0 Å². The summed E-state index contributed by atoms with van der Waals surface area (Å²) in [5, 5.41) is 10.4. The summed E-state index contributed by atoms with van der Waals surface area (Å²) < 4.78 is 8.45. The number of nitrogens with zero attached hydrogens (tertiary/aromatic N) is 2. The molecular formula is C28H31N3O3. The van der Waals surface area contributed by atoms with Crippen molar-refractivity contribution in [2.75, 3.05) is 0 Å². The van der Waals surface area contributed by atoms with Gasteiger partial charge in [-0.3, -0.25) is 9.78 Å². The van der Waals surface area contributed by atoms with Gasteiger partial charge in [0.05, 0.1) is 12.1 Å². The van der Waals surface area contributed by atoms with Crippen LogP contribution in [0.4, 0.5) is 0 Å². The monoisotopic (exact) mass is 457 g/mol. The van der Waals surface area contributed by atoms with Crippen LogP contribution in [-0.2, 0) is 24.4 Å². The Labute approximate surface area is 200 Å².